The average Bonchev–Trinajstić information content (AvgIpc) is 3.08. The van der Waals surface area contributed by atoms with Crippen LogP contribution in [0.4, 0.5) is 5.69 Å². The SMILES string of the molecule is COc1ccc(C(O)(O)c2cnn(C)c2)nc1-c1cccc([N+](=O)[O-])c1. The molecule has 1 aromatic carbocycles. The van der Waals surface area contributed by atoms with Gasteiger partial charge in [0.15, 0.2) is 0 Å². The zero-order valence-electron chi connectivity index (χ0n) is 14.0. The Morgan fingerprint density at radius 3 is 2.65 bits per heavy atom. The molecule has 0 bridgehead atoms. The van der Waals surface area contributed by atoms with E-state index in [0.717, 1.165) is 0 Å². The van der Waals surface area contributed by atoms with E-state index in [0.29, 0.717) is 11.3 Å². The number of methoxy groups -OCH3 is 1. The van der Waals surface area contributed by atoms with Gasteiger partial charge in [-0.15, -0.1) is 0 Å². The topological polar surface area (TPSA) is 124 Å². The van der Waals surface area contributed by atoms with Crippen LogP contribution < -0.4 is 4.74 Å². The van der Waals surface area contributed by atoms with E-state index in [2.05, 4.69) is 10.1 Å². The highest BCUT2D eigenvalue weighted by atomic mass is 16.6. The molecule has 0 saturated carbocycles. The molecule has 26 heavy (non-hydrogen) atoms. The summed E-state index contributed by atoms with van der Waals surface area (Å²) < 4.78 is 6.70. The Balaban J connectivity index is 2.13. The third-order valence-corrected chi connectivity index (χ3v) is 3.87. The Bertz CT molecular complexity index is 967. The van der Waals surface area contributed by atoms with Crippen LogP contribution in [0.25, 0.3) is 11.3 Å². The van der Waals surface area contributed by atoms with E-state index in [1.807, 2.05) is 0 Å². The molecule has 2 aromatic heterocycles. The summed E-state index contributed by atoms with van der Waals surface area (Å²) in [6.45, 7) is 0. The Morgan fingerprint density at radius 1 is 1.27 bits per heavy atom. The molecule has 134 valence electrons. The van der Waals surface area contributed by atoms with E-state index < -0.39 is 10.7 Å². The molecule has 0 radical (unpaired) electrons. The Hall–Kier alpha value is -3.30. The summed E-state index contributed by atoms with van der Waals surface area (Å²) in [5.41, 5.74) is 0.642. The van der Waals surface area contributed by atoms with Crippen molar-refractivity contribution in [3.63, 3.8) is 0 Å². The number of benzene rings is 1. The first-order chi connectivity index (χ1) is 12.3. The number of nitro groups is 1. The van der Waals surface area contributed by atoms with Crippen molar-refractivity contribution in [1.82, 2.24) is 14.8 Å². The average molecular weight is 356 g/mol. The number of hydrogen-bond acceptors (Lipinski definition) is 7. The van der Waals surface area contributed by atoms with Gasteiger partial charge in [-0.2, -0.15) is 5.10 Å². The smallest absolute Gasteiger partial charge is 0.270 e. The maximum Gasteiger partial charge on any atom is 0.270 e. The molecular weight excluding hydrogens is 340 g/mol. The van der Waals surface area contributed by atoms with Crippen LogP contribution in [0.3, 0.4) is 0 Å². The van der Waals surface area contributed by atoms with Gasteiger partial charge in [-0.3, -0.25) is 14.8 Å². The first-order valence-corrected chi connectivity index (χ1v) is 7.57. The molecule has 0 aliphatic carbocycles. The van der Waals surface area contributed by atoms with Crippen LogP contribution in [0, 0.1) is 10.1 Å². The number of nitro benzene ring substituents is 1. The van der Waals surface area contributed by atoms with Gasteiger partial charge >= 0.3 is 0 Å². The first kappa shape index (κ1) is 17.5. The van der Waals surface area contributed by atoms with E-state index >= 15 is 0 Å². The molecular formula is C17H16N4O5. The van der Waals surface area contributed by atoms with Gasteiger partial charge in [-0.05, 0) is 12.1 Å². The largest absolute Gasteiger partial charge is 0.494 e. The zero-order valence-corrected chi connectivity index (χ0v) is 14.0. The van der Waals surface area contributed by atoms with Crippen LogP contribution in [0.15, 0.2) is 48.8 Å². The van der Waals surface area contributed by atoms with Crippen LogP contribution >= 0.6 is 0 Å². The van der Waals surface area contributed by atoms with Crippen molar-refractivity contribution >= 4 is 5.69 Å². The summed E-state index contributed by atoms with van der Waals surface area (Å²) in [7, 11) is 3.08. The normalized spacial score (nSPS) is 11.4. The highest BCUT2D eigenvalue weighted by Crippen LogP contribution is 2.33. The van der Waals surface area contributed by atoms with Crippen molar-refractivity contribution in [3.8, 4) is 17.0 Å². The van der Waals surface area contributed by atoms with Crippen molar-refractivity contribution in [2.24, 2.45) is 7.05 Å². The second-order valence-electron chi connectivity index (χ2n) is 5.63. The number of non-ortho nitro benzene ring substituents is 1. The summed E-state index contributed by atoms with van der Waals surface area (Å²) in [6, 6.07) is 8.78. The molecule has 0 spiro atoms. The Kier molecular flexibility index (Phi) is 4.41. The number of aryl methyl sites for hydroxylation is 1. The lowest BCUT2D eigenvalue weighted by Gasteiger charge is -2.21. The van der Waals surface area contributed by atoms with Crippen LogP contribution in [0.2, 0.25) is 0 Å². The second-order valence-corrected chi connectivity index (χ2v) is 5.63. The van der Waals surface area contributed by atoms with Crippen LogP contribution in [-0.2, 0) is 12.8 Å². The fraction of sp³-hybridized carbons (Fsp3) is 0.176. The molecule has 9 heteroatoms. The standard InChI is InChI=1S/C17H16N4O5/c1-20-10-12(9-18-20)17(22,23)15-7-6-14(26-2)16(19-15)11-4-3-5-13(8-11)21(24)25/h3-10,22-23H,1-2H3. The highest BCUT2D eigenvalue weighted by Gasteiger charge is 2.32. The van der Waals surface area contributed by atoms with E-state index in [-0.39, 0.29) is 22.6 Å². The highest BCUT2D eigenvalue weighted by molar-refractivity contribution is 5.69. The van der Waals surface area contributed by atoms with Crippen molar-refractivity contribution < 1.29 is 19.9 Å². The summed E-state index contributed by atoms with van der Waals surface area (Å²) in [5.74, 6) is -2.04. The summed E-state index contributed by atoms with van der Waals surface area (Å²) >= 11 is 0. The summed E-state index contributed by atoms with van der Waals surface area (Å²) in [4.78, 5) is 14.8. The predicted octanol–water partition coefficient (Wildman–Crippen LogP) is 1.58. The van der Waals surface area contributed by atoms with Gasteiger partial charge in [0.2, 0.25) is 5.79 Å². The van der Waals surface area contributed by atoms with Gasteiger partial charge < -0.3 is 14.9 Å². The minimum atomic E-state index is -2.38. The molecule has 9 nitrogen and oxygen atoms in total. The molecule has 0 amide bonds. The fourth-order valence-corrected chi connectivity index (χ4v) is 2.53. The third kappa shape index (κ3) is 3.13. The molecule has 0 unspecified atom stereocenters. The molecule has 2 heterocycles. The monoisotopic (exact) mass is 356 g/mol. The lowest BCUT2D eigenvalue weighted by atomic mass is 10.0. The lowest BCUT2D eigenvalue weighted by molar-refractivity contribution is -0.384. The van der Waals surface area contributed by atoms with E-state index in [9.17, 15) is 20.3 Å². The number of ether oxygens (including phenoxy) is 1. The van der Waals surface area contributed by atoms with Gasteiger partial charge in [-0.1, -0.05) is 12.1 Å². The minimum absolute atomic E-state index is 0.0622. The molecule has 0 aliphatic heterocycles. The molecule has 0 saturated heterocycles. The molecule has 0 atom stereocenters. The number of aliphatic hydroxyl groups is 2. The van der Waals surface area contributed by atoms with Gasteiger partial charge in [0.25, 0.3) is 5.69 Å². The molecule has 3 aromatic rings. The lowest BCUT2D eigenvalue weighted by Crippen LogP contribution is -2.27. The van der Waals surface area contributed by atoms with Crippen molar-refractivity contribution in [2.45, 2.75) is 5.79 Å². The van der Waals surface area contributed by atoms with E-state index in [4.69, 9.17) is 4.74 Å². The van der Waals surface area contributed by atoms with Gasteiger partial charge in [-0.25, -0.2) is 4.98 Å². The van der Waals surface area contributed by atoms with Crippen LogP contribution in [-0.4, -0.2) is 37.0 Å². The number of nitrogens with zero attached hydrogens (tertiary/aromatic N) is 4. The second kappa shape index (κ2) is 6.54. The van der Waals surface area contributed by atoms with Crippen molar-refractivity contribution in [2.75, 3.05) is 7.11 Å². The predicted molar refractivity (Wildman–Crippen MR) is 91.3 cm³/mol. The molecule has 0 fully saturated rings. The first-order valence-electron chi connectivity index (χ1n) is 7.57. The summed E-state index contributed by atoms with van der Waals surface area (Å²) in [6.07, 6.45) is 2.78. The van der Waals surface area contributed by atoms with E-state index in [1.165, 1.54) is 54.5 Å². The third-order valence-electron chi connectivity index (χ3n) is 3.87. The van der Waals surface area contributed by atoms with Gasteiger partial charge in [0.1, 0.15) is 17.1 Å². The zero-order chi connectivity index (χ0) is 18.9. The number of hydrogen-bond donors (Lipinski definition) is 2. The number of rotatable bonds is 5. The van der Waals surface area contributed by atoms with E-state index in [1.54, 1.807) is 13.1 Å². The minimum Gasteiger partial charge on any atom is -0.494 e. The maximum atomic E-state index is 11.0. The quantitative estimate of drug-likeness (QED) is 0.404. The fourth-order valence-electron chi connectivity index (χ4n) is 2.53. The van der Waals surface area contributed by atoms with Crippen LogP contribution in [0.5, 0.6) is 5.75 Å². The maximum absolute atomic E-state index is 11.0. The van der Waals surface area contributed by atoms with Crippen molar-refractivity contribution in [1.29, 1.82) is 0 Å². The Morgan fingerprint density at radius 2 is 2.04 bits per heavy atom. The summed E-state index contributed by atoms with van der Waals surface area (Å²) in [5, 5.41) is 36.0. The Labute approximate surface area is 148 Å². The van der Waals surface area contributed by atoms with Crippen LogP contribution in [0.1, 0.15) is 11.3 Å². The van der Waals surface area contributed by atoms with Gasteiger partial charge in [0, 0.05) is 30.9 Å². The molecule has 0 aliphatic rings. The number of aromatic nitrogens is 3. The van der Waals surface area contributed by atoms with Gasteiger partial charge in [0.05, 0.1) is 23.8 Å². The number of pyridine rings is 1. The molecule has 2 N–H and O–H groups in total. The molecule has 3 rings (SSSR count). The van der Waals surface area contributed by atoms with Crippen molar-refractivity contribution in [3.05, 3.63) is 70.2 Å².